The predicted octanol–water partition coefficient (Wildman–Crippen LogP) is 3.47. The number of carbonyl (C=O) groups is 1. The number of amides is 1. The molecule has 7 heteroatoms. The largest absolute Gasteiger partial charge is 0.444 e. The highest BCUT2D eigenvalue weighted by Crippen LogP contribution is 2.22. The Balaban J connectivity index is 1.87. The highest BCUT2D eigenvalue weighted by molar-refractivity contribution is 5.68. The van der Waals surface area contributed by atoms with Crippen molar-refractivity contribution in [3.63, 3.8) is 0 Å². The highest BCUT2D eigenvalue weighted by Gasteiger charge is 2.27. The number of nitrogens with one attached hydrogen (secondary N) is 1. The molecule has 24 heavy (non-hydrogen) atoms. The molecule has 1 aromatic carbocycles. The minimum atomic E-state index is -0.474. The Morgan fingerprint density at radius 1 is 1.29 bits per heavy atom. The Kier molecular flexibility index (Phi) is 5.64. The molecule has 0 bridgehead atoms. The van der Waals surface area contributed by atoms with Gasteiger partial charge in [0, 0.05) is 37.0 Å². The molecule has 0 atom stereocenters. The number of hydrogen-bond acceptors (Lipinski definition) is 5. The second-order valence-corrected chi connectivity index (χ2v) is 6.88. The van der Waals surface area contributed by atoms with Crippen molar-refractivity contribution in [2.24, 2.45) is 0 Å². The van der Waals surface area contributed by atoms with Gasteiger partial charge < -0.3 is 15.0 Å². The Bertz CT molecular complexity index is 590. The summed E-state index contributed by atoms with van der Waals surface area (Å²) in [4.78, 5) is 30.4. The van der Waals surface area contributed by atoms with E-state index in [9.17, 15) is 9.70 Å². The van der Waals surface area contributed by atoms with Gasteiger partial charge in [-0.15, -0.1) is 0 Å². The molecule has 0 aliphatic carbocycles. The summed E-state index contributed by atoms with van der Waals surface area (Å²) in [6, 6.07) is 7.40. The van der Waals surface area contributed by atoms with E-state index in [-0.39, 0.29) is 12.1 Å². The van der Waals surface area contributed by atoms with Gasteiger partial charge in [-0.25, -0.2) is 9.63 Å². The van der Waals surface area contributed by atoms with Crippen LogP contribution in [0, 0.1) is 4.91 Å². The van der Waals surface area contributed by atoms with Crippen molar-refractivity contribution in [1.29, 1.82) is 0 Å². The quantitative estimate of drug-likeness (QED) is 0.853. The van der Waals surface area contributed by atoms with Crippen molar-refractivity contribution in [1.82, 2.24) is 4.90 Å². The minimum Gasteiger partial charge on any atom is -0.444 e. The zero-order valence-electron chi connectivity index (χ0n) is 14.7. The molecule has 1 fully saturated rings. The smallest absolute Gasteiger partial charge is 0.410 e. The average Bonchev–Trinajstić information content (AvgIpc) is 2.53. The second-order valence-electron chi connectivity index (χ2n) is 6.88. The first-order valence-corrected chi connectivity index (χ1v) is 8.14. The number of rotatable bonds is 4. The molecule has 1 aromatic rings. The number of ether oxygens (including phenoxy) is 1. The van der Waals surface area contributed by atoms with Gasteiger partial charge >= 0.3 is 11.8 Å². The Morgan fingerprint density at radius 2 is 1.96 bits per heavy atom. The van der Waals surface area contributed by atoms with E-state index in [1.807, 2.05) is 26.8 Å². The molecule has 1 aliphatic rings. The molecule has 132 valence electrons. The summed E-state index contributed by atoms with van der Waals surface area (Å²) in [5.41, 5.74) is 0.827. The molecule has 1 N–H and O–H groups in total. The van der Waals surface area contributed by atoms with E-state index >= 15 is 0 Å². The fourth-order valence-corrected chi connectivity index (χ4v) is 2.58. The first-order valence-electron chi connectivity index (χ1n) is 8.14. The number of carbonyl (C=O) groups excluding carboxylic acids is 1. The second kappa shape index (κ2) is 7.51. The van der Waals surface area contributed by atoms with Crippen molar-refractivity contribution in [3.8, 4) is 0 Å². The van der Waals surface area contributed by atoms with Crippen LogP contribution in [-0.4, -0.2) is 47.8 Å². The maximum absolute atomic E-state index is 12.1. The molecule has 0 spiro atoms. The summed E-state index contributed by atoms with van der Waals surface area (Å²) in [6.07, 6.45) is 1.40. The van der Waals surface area contributed by atoms with Crippen molar-refractivity contribution in [2.45, 2.75) is 45.3 Å². The van der Waals surface area contributed by atoms with Crippen molar-refractivity contribution in [2.75, 3.05) is 25.5 Å². The third-order valence-electron chi connectivity index (χ3n) is 3.74. The van der Waals surface area contributed by atoms with Gasteiger partial charge in [0.15, 0.2) is 7.11 Å². The highest BCUT2D eigenvalue weighted by atomic mass is 16.8. The molecule has 1 amide bonds. The van der Waals surface area contributed by atoms with Gasteiger partial charge in [-0.1, -0.05) is 6.07 Å². The van der Waals surface area contributed by atoms with Crippen LogP contribution in [0.1, 0.15) is 33.6 Å². The maximum Gasteiger partial charge on any atom is 0.410 e. The summed E-state index contributed by atoms with van der Waals surface area (Å²) in [7, 11) is 1.33. The van der Waals surface area contributed by atoms with Gasteiger partial charge in [0.25, 0.3) is 4.92 Å². The Labute approximate surface area is 142 Å². The fraction of sp³-hybridized carbons (Fsp3) is 0.588. The van der Waals surface area contributed by atoms with Gasteiger partial charge in [0.05, 0.1) is 4.91 Å². The van der Waals surface area contributed by atoms with Crippen LogP contribution in [0.25, 0.3) is 0 Å². The van der Waals surface area contributed by atoms with Crippen LogP contribution in [0.15, 0.2) is 24.3 Å². The van der Waals surface area contributed by atoms with E-state index in [0.29, 0.717) is 23.7 Å². The minimum absolute atomic E-state index is 0.251. The van der Waals surface area contributed by atoms with Crippen LogP contribution >= 0.6 is 0 Å². The fourth-order valence-electron chi connectivity index (χ4n) is 2.58. The van der Waals surface area contributed by atoms with Gasteiger partial charge in [0.2, 0.25) is 0 Å². The first kappa shape index (κ1) is 18.0. The van der Waals surface area contributed by atoms with Gasteiger partial charge in [-0.2, -0.15) is 0 Å². The van der Waals surface area contributed by atoms with Crippen LogP contribution in [0.5, 0.6) is 0 Å². The lowest BCUT2D eigenvalue weighted by molar-refractivity contribution is -0.736. The predicted molar refractivity (Wildman–Crippen MR) is 91.2 cm³/mol. The molecule has 1 heterocycles. The lowest BCUT2D eigenvalue weighted by Crippen LogP contribution is -2.44. The van der Waals surface area contributed by atoms with Gasteiger partial charge in [-0.05, 0) is 39.7 Å². The number of hydrogen-bond donors (Lipinski definition) is 1. The molecule has 2 rings (SSSR count). The summed E-state index contributed by atoms with van der Waals surface area (Å²) < 4.78 is 5.40. The molecule has 7 nitrogen and oxygen atoms in total. The summed E-state index contributed by atoms with van der Waals surface area (Å²) in [6.45, 7) is 6.90. The van der Waals surface area contributed by atoms with E-state index in [0.717, 1.165) is 18.5 Å². The molecule has 1 aliphatic heterocycles. The first-order chi connectivity index (χ1) is 11.3. The van der Waals surface area contributed by atoms with E-state index in [1.165, 1.54) is 7.11 Å². The summed E-state index contributed by atoms with van der Waals surface area (Å²) in [5, 5.41) is 3.41. The van der Waals surface area contributed by atoms with Crippen LogP contribution in [0.4, 0.5) is 16.2 Å². The molecule has 0 radical (unpaired) electrons. The lowest BCUT2D eigenvalue weighted by Gasteiger charge is -2.34. The number of nitrogens with zero attached hydrogens (tertiary/aromatic N) is 2. The van der Waals surface area contributed by atoms with Crippen molar-refractivity contribution >= 4 is 17.5 Å². The van der Waals surface area contributed by atoms with E-state index in [4.69, 9.17) is 4.74 Å². The lowest BCUT2D eigenvalue weighted by atomic mass is 10.0. The van der Waals surface area contributed by atoms with E-state index in [2.05, 4.69) is 10.2 Å². The molecular weight excluding hydrogens is 310 g/mol. The monoisotopic (exact) mass is 336 g/mol. The zero-order valence-corrected chi connectivity index (χ0v) is 14.7. The van der Waals surface area contributed by atoms with E-state index in [1.54, 1.807) is 23.1 Å². The normalized spacial score (nSPS) is 15.8. The SMILES string of the molecule is CO[N+](=O)c1cccc(NC2CCN(C(=O)OC(C)(C)C)CC2)c1. The van der Waals surface area contributed by atoms with Crippen LogP contribution in [0.3, 0.4) is 0 Å². The molecule has 0 saturated carbocycles. The standard InChI is InChI=1S/C17H26N3O4/c1-17(2,3)24-16(21)19-10-8-13(9-11-19)18-14-6-5-7-15(12-14)20(22)23-4/h5-7,12-13,18H,8-11H2,1-4H3/q+1. The summed E-state index contributed by atoms with van der Waals surface area (Å²) >= 11 is 0. The van der Waals surface area contributed by atoms with Crippen LogP contribution < -0.4 is 5.32 Å². The van der Waals surface area contributed by atoms with Crippen molar-refractivity contribution in [3.05, 3.63) is 29.2 Å². The third kappa shape index (κ3) is 5.11. The Hall–Kier alpha value is -2.31. The zero-order chi connectivity index (χ0) is 17.7. The third-order valence-corrected chi connectivity index (χ3v) is 3.74. The Morgan fingerprint density at radius 3 is 2.54 bits per heavy atom. The number of anilines is 1. The van der Waals surface area contributed by atoms with Gasteiger partial charge in [-0.3, -0.25) is 0 Å². The topological polar surface area (TPSA) is 70.9 Å². The molecular formula is C17H26N3O4+. The molecule has 0 unspecified atom stereocenters. The van der Waals surface area contributed by atoms with Crippen molar-refractivity contribution < 1.29 is 19.3 Å². The van der Waals surface area contributed by atoms with E-state index < -0.39 is 5.60 Å². The summed E-state index contributed by atoms with van der Waals surface area (Å²) in [5.74, 6) is 0. The maximum atomic E-state index is 12.1. The molecule has 0 aromatic heterocycles. The number of benzene rings is 1. The van der Waals surface area contributed by atoms with Crippen LogP contribution in [0.2, 0.25) is 0 Å². The molecule has 1 saturated heterocycles. The van der Waals surface area contributed by atoms with Gasteiger partial charge in [0.1, 0.15) is 5.60 Å². The number of piperidine rings is 1. The van der Waals surface area contributed by atoms with Crippen LogP contribution in [-0.2, 0) is 9.57 Å². The number of likely N-dealkylation sites (tertiary alicyclic amines) is 1. The average molecular weight is 336 g/mol.